The van der Waals surface area contributed by atoms with Gasteiger partial charge in [-0.2, -0.15) is 0 Å². The SMILES string of the molecule is Cc1ccc(CN(C)C(=O)CN2CCCC2CN)cc1. The molecule has 1 unspecified atom stereocenters. The molecule has 1 heterocycles. The van der Waals surface area contributed by atoms with E-state index in [-0.39, 0.29) is 5.91 Å². The van der Waals surface area contributed by atoms with E-state index < -0.39 is 0 Å². The Morgan fingerprint density at radius 2 is 2.10 bits per heavy atom. The van der Waals surface area contributed by atoms with Gasteiger partial charge in [-0.05, 0) is 31.9 Å². The van der Waals surface area contributed by atoms with Gasteiger partial charge in [0, 0.05) is 26.2 Å². The number of aryl methyl sites for hydroxylation is 1. The topological polar surface area (TPSA) is 49.6 Å². The maximum atomic E-state index is 12.3. The van der Waals surface area contributed by atoms with Crippen molar-refractivity contribution < 1.29 is 4.79 Å². The fraction of sp³-hybridized carbons (Fsp3) is 0.562. The lowest BCUT2D eigenvalue weighted by atomic mass is 10.1. The van der Waals surface area contributed by atoms with Gasteiger partial charge in [-0.3, -0.25) is 9.69 Å². The van der Waals surface area contributed by atoms with E-state index in [1.165, 1.54) is 11.1 Å². The number of hydrogen-bond acceptors (Lipinski definition) is 3. The maximum absolute atomic E-state index is 12.3. The average molecular weight is 275 g/mol. The molecule has 1 aromatic carbocycles. The van der Waals surface area contributed by atoms with Gasteiger partial charge < -0.3 is 10.6 Å². The van der Waals surface area contributed by atoms with Crippen LogP contribution in [0.5, 0.6) is 0 Å². The number of nitrogens with zero attached hydrogens (tertiary/aromatic N) is 2. The minimum Gasteiger partial charge on any atom is -0.340 e. The van der Waals surface area contributed by atoms with Crippen LogP contribution in [0, 0.1) is 6.92 Å². The summed E-state index contributed by atoms with van der Waals surface area (Å²) in [4.78, 5) is 16.3. The first-order chi connectivity index (χ1) is 9.60. The number of likely N-dealkylation sites (N-methyl/N-ethyl adjacent to an activating group) is 1. The molecule has 0 radical (unpaired) electrons. The normalized spacial score (nSPS) is 19.2. The summed E-state index contributed by atoms with van der Waals surface area (Å²) in [5.74, 6) is 0.172. The molecule has 2 N–H and O–H groups in total. The smallest absolute Gasteiger partial charge is 0.236 e. The largest absolute Gasteiger partial charge is 0.340 e. The molecular formula is C16H25N3O. The predicted molar refractivity (Wildman–Crippen MR) is 81.3 cm³/mol. The Balaban J connectivity index is 1.87. The van der Waals surface area contributed by atoms with Crippen LogP contribution in [0.3, 0.4) is 0 Å². The molecule has 110 valence electrons. The lowest BCUT2D eigenvalue weighted by Gasteiger charge is -2.25. The zero-order valence-corrected chi connectivity index (χ0v) is 12.5. The maximum Gasteiger partial charge on any atom is 0.236 e. The van der Waals surface area contributed by atoms with E-state index in [0.29, 0.717) is 25.7 Å². The van der Waals surface area contributed by atoms with Crippen LogP contribution >= 0.6 is 0 Å². The highest BCUT2D eigenvalue weighted by Gasteiger charge is 2.25. The molecule has 1 fully saturated rings. The average Bonchev–Trinajstić information content (AvgIpc) is 2.88. The van der Waals surface area contributed by atoms with Crippen molar-refractivity contribution in [2.24, 2.45) is 5.73 Å². The molecule has 0 bridgehead atoms. The van der Waals surface area contributed by atoms with Crippen molar-refractivity contribution in [3.8, 4) is 0 Å². The van der Waals surface area contributed by atoms with E-state index in [9.17, 15) is 4.79 Å². The highest BCUT2D eigenvalue weighted by Crippen LogP contribution is 2.16. The first-order valence-corrected chi connectivity index (χ1v) is 7.34. The van der Waals surface area contributed by atoms with E-state index in [1.54, 1.807) is 4.90 Å². The summed E-state index contributed by atoms with van der Waals surface area (Å²) >= 11 is 0. The molecule has 4 heteroatoms. The summed E-state index contributed by atoms with van der Waals surface area (Å²) in [5, 5.41) is 0. The minimum absolute atomic E-state index is 0.172. The van der Waals surface area contributed by atoms with Crippen LogP contribution in [0.15, 0.2) is 24.3 Å². The lowest BCUT2D eigenvalue weighted by molar-refractivity contribution is -0.131. The van der Waals surface area contributed by atoms with Crippen molar-refractivity contribution in [3.05, 3.63) is 35.4 Å². The second-order valence-corrected chi connectivity index (χ2v) is 5.74. The highest BCUT2D eigenvalue weighted by molar-refractivity contribution is 5.78. The molecule has 0 saturated carbocycles. The van der Waals surface area contributed by atoms with Crippen LogP contribution in [0.4, 0.5) is 0 Å². The molecule has 1 amide bonds. The molecule has 1 aliphatic rings. The second-order valence-electron chi connectivity index (χ2n) is 5.74. The van der Waals surface area contributed by atoms with Gasteiger partial charge in [0.15, 0.2) is 0 Å². The molecule has 0 aromatic heterocycles. The summed E-state index contributed by atoms with van der Waals surface area (Å²) in [6.45, 7) is 4.87. The monoisotopic (exact) mass is 275 g/mol. The predicted octanol–water partition coefficient (Wildman–Crippen LogP) is 1.38. The van der Waals surface area contributed by atoms with E-state index in [4.69, 9.17) is 5.73 Å². The third-order valence-electron chi connectivity index (χ3n) is 4.08. The van der Waals surface area contributed by atoms with Crippen LogP contribution in [0.2, 0.25) is 0 Å². The summed E-state index contributed by atoms with van der Waals surface area (Å²) < 4.78 is 0. The number of likely N-dealkylation sites (tertiary alicyclic amines) is 1. The second kappa shape index (κ2) is 6.86. The Bertz CT molecular complexity index is 444. The number of benzene rings is 1. The van der Waals surface area contributed by atoms with Crippen LogP contribution < -0.4 is 5.73 Å². The summed E-state index contributed by atoms with van der Waals surface area (Å²) in [7, 11) is 1.87. The molecular weight excluding hydrogens is 250 g/mol. The van der Waals surface area contributed by atoms with Gasteiger partial charge in [-0.1, -0.05) is 29.8 Å². The van der Waals surface area contributed by atoms with Crippen LogP contribution in [-0.4, -0.2) is 48.4 Å². The molecule has 1 saturated heterocycles. The Labute approximate surface area is 121 Å². The first-order valence-electron chi connectivity index (χ1n) is 7.34. The number of rotatable bonds is 5. The van der Waals surface area contributed by atoms with Gasteiger partial charge in [0.25, 0.3) is 0 Å². The Kier molecular flexibility index (Phi) is 5.15. The van der Waals surface area contributed by atoms with E-state index in [1.807, 2.05) is 7.05 Å². The molecule has 4 nitrogen and oxygen atoms in total. The fourth-order valence-electron chi connectivity index (χ4n) is 2.72. The van der Waals surface area contributed by atoms with Crippen molar-refractivity contribution in [2.75, 3.05) is 26.7 Å². The molecule has 2 rings (SSSR count). The van der Waals surface area contributed by atoms with Gasteiger partial charge >= 0.3 is 0 Å². The van der Waals surface area contributed by atoms with Gasteiger partial charge in [0.05, 0.1) is 6.54 Å². The Morgan fingerprint density at radius 1 is 1.40 bits per heavy atom. The molecule has 0 spiro atoms. The van der Waals surface area contributed by atoms with Crippen molar-refractivity contribution >= 4 is 5.91 Å². The summed E-state index contributed by atoms with van der Waals surface area (Å²) in [5.41, 5.74) is 8.16. The van der Waals surface area contributed by atoms with E-state index >= 15 is 0 Å². The lowest BCUT2D eigenvalue weighted by Crippen LogP contribution is -2.43. The van der Waals surface area contributed by atoms with E-state index in [0.717, 1.165) is 19.4 Å². The quantitative estimate of drug-likeness (QED) is 0.883. The van der Waals surface area contributed by atoms with Gasteiger partial charge in [-0.25, -0.2) is 0 Å². The summed E-state index contributed by atoms with van der Waals surface area (Å²) in [6.07, 6.45) is 2.27. The Hall–Kier alpha value is -1.39. The molecule has 1 aromatic rings. The van der Waals surface area contributed by atoms with Gasteiger partial charge in [0.1, 0.15) is 0 Å². The third-order valence-corrected chi connectivity index (χ3v) is 4.08. The fourth-order valence-corrected chi connectivity index (χ4v) is 2.72. The molecule has 20 heavy (non-hydrogen) atoms. The van der Waals surface area contributed by atoms with Crippen LogP contribution in [-0.2, 0) is 11.3 Å². The summed E-state index contributed by atoms with van der Waals surface area (Å²) in [6, 6.07) is 8.71. The third kappa shape index (κ3) is 3.81. The molecule has 1 atom stereocenters. The van der Waals surface area contributed by atoms with Crippen molar-refractivity contribution in [3.63, 3.8) is 0 Å². The highest BCUT2D eigenvalue weighted by atomic mass is 16.2. The van der Waals surface area contributed by atoms with Crippen molar-refractivity contribution in [1.29, 1.82) is 0 Å². The van der Waals surface area contributed by atoms with E-state index in [2.05, 4.69) is 36.1 Å². The standard InChI is InChI=1S/C16H25N3O/c1-13-5-7-14(8-6-13)11-18(2)16(20)12-19-9-3-4-15(19)10-17/h5-8,15H,3-4,9-12,17H2,1-2H3. The zero-order chi connectivity index (χ0) is 14.5. The van der Waals surface area contributed by atoms with Crippen LogP contribution in [0.1, 0.15) is 24.0 Å². The van der Waals surface area contributed by atoms with Crippen molar-refractivity contribution in [1.82, 2.24) is 9.80 Å². The van der Waals surface area contributed by atoms with Gasteiger partial charge in [0.2, 0.25) is 5.91 Å². The number of carbonyl (C=O) groups excluding carboxylic acids is 1. The first kappa shape index (κ1) is 15.0. The number of nitrogens with two attached hydrogens (primary N) is 1. The molecule has 0 aliphatic carbocycles. The number of amides is 1. The van der Waals surface area contributed by atoms with Gasteiger partial charge in [-0.15, -0.1) is 0 Å². The molecule has 1 aliphatic heterocycles. The Morgan fingerprint density at radius 3 is 2.75 bits per heavy atom. The van der Waals surface area contributed by atoms with Crippen LogP contribution in [0.25, 0.3) is 0 Å². The van der Waals surface area contributed by atoms with Crippen molar-refractivity contribution in [2.45, 2.75) is 32.4 Å². The zero-order valence-electron chi connectivity index (χ0n) is 12.5. The minimum atomic E-state index is 0.172. The number of carbonyl (C=O) groups is 1. The number of hydrogen-bond donors (Lipinski definition) is 1.